The van der Waals surface area contributed by atoms with Crippen LogP contribution >= 0.6 is 0 Å². The maximum absolute atomic E-state index is 12.5. The summed E-state index contributed by atoms with van der Waals surface area (Å²) in [7, 11) is -2.95. The molecule has 24 heavy (non-hydrogen) atoms. The van der Waals surface area contributed by atoms with Crippen LogP contribution in [0.25, 0.3) is 0 Å². The lowest BCUT2D eigenvalue weighted by Gasteiger charge is -2.19. The van der Waals surface area contributed by atoms with Crippen molar-refractivity contribution in [1.82, 2.24) is 10.2 Å². The normalized spacial score (nSPS) is 24.9. The fourth-order valence-electron chi connectivity index (χ4n) is 3.50. The monoisotopic (exact) mass is 350 g/mol. The molecule has 0 unspecified atom stereocenters. The topological polar surface area (TPSA) is 66.5 Å². The molecule has 1 aromatic rings. The minimum absolute atomic E-state index is 0.0318. The zero-order valence-electron chi connectivity index (χ0n) is 14.4. The molecule has 132 valence electrons. The Bertz CT molecular complexity index is 695. The minimum atomic E-state index is -2.95. The Balaban J connectivity index is 1.62. The highest BCUT2D eigenvalue weighted by atomic mass is 32.2. The predicted octanol–water partition coefficient (Wildman–Crippen LogP) is 1.48. The van der Waals surface area contributed by atoms with Crippen LogP contribution in [-0.2, 0) is 9.84 Å². The largest absolute Gasteiger partial charge is 0.348 e. The van der Waals surface area contributed by atoms with E-state index in [2.05, 4.69) is 10.2 Å². The quantitative estimate of drug-likeness (QED) is 0.844. The number of hydrogen-bond acceptors (Lipinski definition) is 4. The van der Waals surface area contributed by atoms with Gasteiger partial charge in [0.15, 0.2) is 0 Å². The van der Waals surface area contributed by atoms with E-state index >= 15 is 0 Å². The minimum Gasteiger partial charge on any atom is -0.348 e. The first-order valence-electron chi connectivity index (χ1n) is 8.59. The fraction of sp³-hybridized carbons (Fsp3) is 0.611. The third kappa shape index (κ3) is 4.57. The van der Waals surface area contributed by atoms with Gasteiger partial charge in [-0.2, -0.15) is 0 Å². The molecule has 2 atom stereocenters. The van der Waals surface area contributed by atoms with Gasteiger partial charge in [-0.1, -0.05) is 17.7 Å². The van der Waals surface area contributed by atoms with Crippen LogP contribution in [0.3, 0.4) is 0 Å². The molecule has 1 amide bonds. The van der Waals surface area contributed by atoms with E-state index in [4.69, 9.17) is 0 Å². The number of likely N-dealkylation sites (tertiary alicyclic amines) is 1. The molecule has 3 rings (SSSR count). The Morgan fingerprint density at radius 3 is 2.46 bits per heavy atom. The summed E-state index contributed by atoms with van der Waals surface area (Å²) in [4.78, 5) is 14.7. The SMILES string of the molecule is Cc1ccc(C(=O)N[C@H]2CN(CCS(C)(=O)=O)C[C@@H]2C2CC2)cc1. The first kappa shape index (κ1) is 17.4. The lowest BCUT2D eigenvalue weighted by atomic mass is 9.97. The second-order valence-corrected chi connectivity index (χ2v) is 9.60. The molecule has 1 heterocycles. The number of hydrogen-bond donors (Lipinski definition) is 1. The van der Waals surface area contributed by atoms with Gasteiger partial charge in [0.1, 0.15) is 9.84 Å². The van der Waals surface area contributed by atoms with Crippen molar-refractivity contribution in [2.75, 3.05) is 31.6 Å². The molecule has 1 saturated carbocycles. The maximum atomic E-state index is 12.5. The molecule has 1 N–H and O–H groups in total. The highest BCUT2D eigenvalue weighted by molar-refractivity contribution is 7.90. The van der Waals surface area contributed by atoms with Gasteiger partial charge >= 0.3 is 0 Å². The van der Waals surface area contributed by atoms with Crippen LogP contribution in [-0.4, -0.2) is 56.9 Å². The van der Waals surface area contributed by atoms with E-state index in [1.54, 1.807) is 0 Å². The first-order valence-corrected chi connectivity index (χ1v) is 10.7. The molecular formula is C18H26N2O3S. The van der Waals surface area contributed by atoms with Gasteiger partial charge in [0.25, 0.3) is 5.91 Å². The van der Waals surface area contributed by atoms with Crippen LogP contribution in [0.15, 0.2) is 24.3 Å². The highest BCUT2D eigenvalue weighted by Crippen LogP contribution is 2.41. The van der Waals surface area contributed by atoms with E-state index in [0.29, 0.717) is 23.9 Å². The number of benzene rings is 1. The van der Waals surface area contributed by atoms with Crippen molar-refractivity contribution >= 4 is 15.7 Å². The van der Waals surface area contributed by atoms with Crippen LogP contribution in [0, 0.1) is 18.8 Å². The highest BCUT2D eigenvalue weighted by Gasteiger charge is 2.43. The summed E-state index contributed by atoms with van der Waals surface area (Å²) in [6.45, 7) is 4.19. The number of nitrogens with one attached hydrogen (secondary N) is 1. The molecule has 1 aliphatic heterocycles. The Kier molecular flexibility index (Phi) is 4.97. The predicted molar refractivity (Wildman–Crippen MR) is 94.8 cm³/mol. The third-order valence-electron chi connectivity index (χ3n) is 5.08. The molecule has 5 nitrogen and oxygen atoms in total. The summed E-state index contributed by atoms with van der Waals surface area (Å²) < 4.78 is 22.8. The van der Waals surface area contributed by atoms with Crippen LogP contribution in [0.1, 0.15) is 28.8 Å². The molecule has 2 fully saturated rings. The Morgan fingerprint density at radius 2 is 1.88 bits per heavy atom. The van der Waals surface area contributed by atoms with Crippen molar-refractivity contribution in [1.29, 1.82) is 0 Å². The smallest absolute Gasteiger partial charge is 0.251 e. The van der Waals surface area contributed by atoms with Gasteiger partial charge in [-0.15, -0.1) is 0 Å². The van der Waals surface area contributed by atoms with Crippen LogP contribution in [0.5, 0.6) is 0 Å². The summed E-state index contributed by atoms with van der Waals surface area (Å²) >= 11 is 0. The standard InChI is InChI=1S/C18H26N2O3S/c1-13-3-5-15(6-4-13)18(21)19-17-12-20(9-10-24(2,22)23)11-16(17)14-7-8-14/h3-6,14,16-17H,7-12H2,1-2H3,(H,19,21)/t16-,17+/m1/s1. The van der Waals surface area contributed by atoms with Crippen LogP contribution in [0.2, 0.25) is 0 Å². The van der Waals surface area contributed by atoms with Crippen molar-refractivity contribution in [3.63, 3.8) is 0 Å². The summed E-state index contributed by atoms with van der Waals surface area (Å²) in [5.41, 5.74) is 1.82. The Labute approximate surface area is 144 Å². The Hall–Kier alpha value is -1.40. The molecule has 0 aromatic heterocycles. The van der Waals surface area contributed by atoms with E-state index in [1.165, 1.54) is 19.1 Å². The molecule has 6 heteroatoms. The van der Waals surface area contributed by atoms with E-state index < -0.39 is 9.84 Å². The summed E-state index contributed by atoms with van der Waals surface area (Å²) in [6, 6.07) is 7.71. The number of carbonyl (C=O) groups is 1. The van der Waals surface area contributed by atoms with E-state index in [0.717, 1.165) is 18.7 Å². The van der Waals surface area contributed by atoms with Gasteiger partial charge in [-0.3, -0.25) is 9.69 Å². The number of nitrogens with zero attached hydrogens (tertiary/aromatic N) is 1. The van der Waals surface area contributed by atoms with Crippen molar-refractivity contribution < 1.29 is 13.2 Å². The van der Waals surface area contributed by atoms with Crippen molar-refractivity contribution in [2.24, 2.45) is 11.8 Å². The van der Waals surface area contributed by atoms with Crippen LogP contribution in [0.4, 0.5) is 0 Å². The summed E-state index contributed by atoms with van der Waals surface area (Å²) in [5.74, 6) is 1.27. The summed E-state index contributed by atoms with van der Waals surface area (Å²) in [6.07, 6.45) is 3.72. The second kappa shape index (κ2) is 6.84. The lowest BCUT2D eigenvalue weighted by molar-refractivity contribution is 0.0928. The number of sulfone groups is 1. The van der Waals surface area contributed by atoms with Gasteiger partial charge in [0.05, 0.1) is 5.75 Å². The lowest BCUT2D eigenvalue weighted by Crippen LogP contribution is -2.41. The van der Waals surface area contributed by atoms with Gasteiger partial charge in [0, 0.05) is 37.5 Å². The molecular weight excluding hydrogens is 324 g/mol. The van der Waals surface area contributed by atoms with Crippen molar-refractivity contribution in [3.05, 3.63) is 35.4 Å². The average molecular weight is 350 g/mol. The van der Waals surface area contributed by atoms with Crippen molar-refractivity contribution in [2.45, 2.75) is 25.8 Å². The van der Waals surface area contributed by atoms with Gasteiger partial charge < -0.3 is 5.32 Å². The number of rotatable bonds is 6. The molecule has 0 spiro atoms. The van der Waals surface area contributed by atoms with Gasteiger partial charge in [0.2, 0.25) is 0 Å². The Morgan fingerprint density at radius 1 is 1.21 bits per heavy atom. The molecule has 1 aliphatic carbocycles. The van der Waals surface area contributed by atoms with Gasteiger partial charge in [-0.25, -0.2) is 8.42 Å². The zero-order chi connectivity index (χ0) is 17.3. The van der Waals surface area contributed by atoms with Crippen molar-refractivity contribution in [3.8, 4) is 0 Å². The van der Waals surface area contributed by atoms with E-state index in [9.17, 15) is 13.2 Å². The average Bonchev–Trinajstić information content (AvgIpc) is 3.27. The molecule has 0 bridgehead atoms. The molecule has 1 saturated heterocycles. The van der Waals surface area contributed by atoms with Gasteiger partial charge in [-0.05, 0) is 43.7 Å². The van der Waals surface area contributed by atoms with E-state index in [-0.39, 0.29) is 17.7 Å². The summed E-state index contributed by atoms with van der Waals surface area (Å²) in [5, 5.41) is 3.18. The molecule has 1 aromatic carbocycles. The van der Waals surface area contributed by atoms with E-state index in [1.807, 2.05) is 31.2 Å². The zero-order valence-corrected chi connectivity index (χ0v) is 15.2. The number of carbonyl (C=O) groups excluding carboxylic acids is 1. The maximum Gasteiger partial charge on any atom is 0.251 e. The molecule has 2 aliphatic rings. The first-order chi connectivity index (χ1) is 11.3. The fourth-order valence-corrected chi connectivity index (χ4v) is 4.09. The number of amides is 1. The van der Waals surface area contributed by atoms with Crippen LogP contribution < -0.4 is 5.32 Å². The molecule has 0 radical (unpaired) electrons. The number of aryl methyl sites for hydroxylation is 1. The third-order valence-corrected chi connectivity index (χ3v) is 6.00. The second-order valence-electron chi connectivity index (χ2n) is 7.34.